The highest BCUT2D eigenvalue weighted by Gasteiger charge is 2.43. The summed E-state index contributed by atoms with van der Waals surface area (Å²) in [6, 6.07) is 5.97. The van der Waals surface area contributed by atoms with Crippen LogP contribution >= 0.6 is 0 Å². The first-order valence-corrected chi connectivity index (χ1v) is 9.57. The number of carbonyl (C=O) groups is 2. The molecule has 0 spiro atoms. The van der Waals surface area contributed by atoms with Gasteiger partial charge in [0.1, 0.15) is 18.4 Å². The fourth-order valence-electron chi connectivity index (χ4n) is 2.63. The molecule has 10 heteroatoms. The minimum absolute atomic E-state index is 0.00911. The topological polar surface area (TPSA) is 108 Å². The summed E-state index contributed by atoms with van der Waals surface area (Å²) in [5, 5.41) is 0. The van der Waals surface area contributed by atoms with Gasteiger partial charge in [0.2, 0.25) is 0 Å². The molecule has 2 atom stereocenters. The van der Waals surface area contributed by atoms with Gasteiger partial charge in [-0.25, -0.2) is 9.59 Å². The molecule has 1 aliphatic rings. The molecule has 0 radical (unpaired) electrons. The first-order chi connectivity index (χ1) is 12.2. The molecule has 1 heterocycles. The number of rotatable bonds is 6. The maximum atomic E-state index is 12.3. The summed E-state index contributed by atoms with van der Waals surface area (Å²) in [6.45, 7) is -0.0981. The Morgan fingerprint density at radius 2 is 1.85 bits per heavy atom. The Hall–Kier alpha value is -2.33. The molecule has 2 rings (SSSR count). The van der Waals surface area contributed by atoms with Crippen LogP contribution in [0.1, 0.15) is 12.0 Å². The zero-order chi connectivity index (χ0) is 19.3. The molecular weight excluding hydrogens is 366 g/mol. The number of benzene rings is 1. The van der Waals surface area contributed by atoms with Crippen LogP contribution in [0.25, 0.3) is 0 Å². The Morgan fingerprint density at radius 3 is 2.38 bits per heavy atom. The SMILES string of the molecule is COC(=O)C1CC(OS(C)(=O)=O)CN1C(=O)OCc1ccc(OC)cc1. The van der Waals surface area contributed by atoms with Gasteiger partial charge >= 0.3 is 12.1 Å². The number of nitrogens with zero attached hydrogens (tertiary/aromatic N) is 1. The molecule has 0 aromatic heterocycles. The van der Waals surface area contributed by atoms with Crippen molar-refractivity contribution in [3.05, 3.63) is 29.8 Å². The zero-order valence-electron chi connectivity index (χ0n) is 14.7. The third-order valence-electron chi connectivity index (χ3n) is 3.80. The van der Waals surface area contributed by atoms with Crippen molar-refractivity contribution in [1.29, 1.82) is 0 Å². The molecule has 1 aliphatic heterocycles. The van der Waals surface area contributed by atoms with E-state index in [4.69, 9.17) is 13.7 Å². The molecule has 1 amide bonds. The van der Waals surface area contributed by atoms with E-state index in [0.717, 1.165) is 16.7 Å². The van der Waals surface area contributed by atoms with Crippen LogP contribution < -0.4 is 4.74 Å². The second-order valence-corrected chi connectivity index (χ2v) is 7.35. The smallest absolute Gasteiger partial charge is 0.410 e. The number of likely N-dealkylation sites (tertiary alicyclic amines) is 1. The van der Waals surface area contributed by atoms with E-state index in [0.29, 0.717) is 5.75 Å². The number of amides is 1. The van der Waals surface area contributed by atoms with E-state index in [1.807, 2.05) is 0 Å². The number of ether oxygens (including phenoxy) is 3. The van der Waals surface area contributed by atoms with Gasteiger partial charge in [-0.05, 0) is 17.7 Å². The Kier molecular flexibility index (Phi) is 6.43. The summed E-state index contributed by atoms with van der Waals surface area (Å²) < 4.78 is 42.4. The Balaban J connectivity index is 2.02. The molecule has 26 heavy (non-hydrogen) atoms. The van der Waals surface area contributed by atoms with Crippen LogP contribution in [0.15, 0.2) is 24.3 Å². The van der Waals surface area contributed by atoms with Crippen molar-refractivity contribution >= 4 is 22.2 Å². The van der Waals surface area contributed by atoms with Crippen LogP contribution in [-0.2, 0) is 35.2 Å². The van der Waals surface area contributed by atoms with Crippen molar-refractivity contribution in [2.45, 2.75) is 25.2 Å². The van der Waals surface area contributed by atoms with Crippen LogP contribution in [0.4, 0.5) is 4.79 Å². The minimum atomic E-state index is -3.72. The molecule has 1 aromatic carbocycles. The lowest BCUT2D eigenvalue weighted by Gasteiger charge is -2.21. The summed E-state index contributed by atoms with van der Waals surface area (Å²) in [5.74, 6) is 0.0112. The highest BCUT2D eigenvalue weighted by atomic mass is 32.2. The summed E-state index contributed by atoms with van der Waals surface area (Å²) in [6.07, 6.45) is -0.666. The average molecular weight is 387 g/mol. The minimum Gasteiger partial charge on any atom is -0.497 e. The predicted molar refractivity (Wildman–Crippen MR) is 90.0 cm³/mol. The van der Waals surface area contributed by atoms with Gasteiger partial charge < -0.3 is 14.2 Å². The largest absolute Gasteiger partial charge is 0.497 e. The molecule has 0 saturated carbocycles. The van der Waals surface area contributed by atoms with Crippen molar-refractivity contribution in [3.63, 3.8) is 0 Å². The molecule has 0 N–H and O–H groups in total. The Labute approximate surface area is 151 Å². The summed E-state index contributed by atoms with van der Waals surface area (Å²) in [7, 11) is -0.983. The zero-order valence-corrected chi connectivity index (χ0v) is 15.5. The van der Waals surface area contributed by atoms with Gasteiger partial charge in [-0.15, -0.1) is 0 Å². The maximum Gasteiger partial charge on any atom is 0.410 e. The van der Waals surface area contributed by atoms with Crippen LogP contribution in [0.2, 0.25) is 0 Å². The molecule has 0 aliphatic carbocycles. The van der Waals surface area contributed by atoms with E-state index in [1.165, 1.54) is 7.11 Å². The van der Waals surface area contributed by atoms with Crippen molar-refractivity contribution < 1.29 is 36.4 Å². The van der Waals surface area contributed by atoms with Crippen LogP contribution in [0, 0.1) is 0 Å². The fraction of sp³-hybridized carbons (Fsp3) is 0.500. The molecule has 1 aromatic rings. The number of esters is 1. The van der Waals surface area contributed by atoms with E-state index < -0.39 is 34.3 Å². The van der Waals surface area contributed by atoms with Crippen LogP contribution in [0.3, 0.4) is 0 Å². The summed E-state index contributed by atoms with van der Waals surface area (Å²) in [5.41, 5.74) is 0.733. The number of carbonyl (C=O) groups excluding carboxylic acids is 2. The molecule has 9 nitrogen and oxygen atoms in total. The number of methoxy groups -OCH3 is 2. The maximum absolute atomic E-state index is 12.3. The van der Waals surface area contributed by atoms with E-state index in [-0.39, 0.29) is 19.6 Å². The van der Waals surface area contributed by atoms with Gasteiger partial charge in [-0.2, -0.15) is 8.42 Å². The number of hydrogen-bond acceptors (Lipinski definition) is 8. The van der Waals surface area contributed by atoms with E-state index in [1.54, 1.807) is 31.4 Å². The van der Waals surface area contributed by atoms with E-state index in [9.17, 15) is 18.0 Å². The first-order valence-electron chi connectivity index (χ1n) is 7.76. The monoisotopic (exact) mass is 387 g/mol. The average Bonchev–Trinajstić information content (AvgIpc) is 3.01. The quantitative estimate of drug-likeness (QED) is 0.524. The Morgan fingerprint density at radius 1 is 1.19 bits per heavy atom. The van der Waals surface area contributed by atoms with Gasteiger partial charge in [0.25, 0.3) is 10.1 Å². The summed E-state index contributed by atoms with van der Waals surface area (Å²) in [4.78, 5) is 25.4. The fourth-order valence-corrected chi connectivity index (χ4v) is 3.26. The van der Waals surface area contributed by atoms with Gasteiger partial charge in [-0.3, -0.25) is 9.08 Å². The third-order valence-corrected chi connectivity index (χ3v) is 4.42. The third kappa shape index (κ3) is 5.33. The lowest BCUT2D eigenvalue weighted by molar-refractivity contribution is -0.145. The van der Waals surface area contributed by atoms with Crippen LogP contribution in [0.5, 0.6) is 5.75 Å². The van der Waals surface area contributed by atoms with E-state index in [2.05, 4.69) is 4.74 Å². The van der Waals surface area contributed by atoms with Crippen LogP contribution in [-0.4, -0.2) is 64.5 Å². The molecule has 1 saturated heterocycles. The van der Waals surface area contributed by atoms with Gasteiger partial charge in [0.05, 0.1) is 33.1 Å². The lowest BCUT2D eigenvalue weighted by atomic mass is 10.2. The van der Waals surface area contributed by atoms with Crippen molar-refractivity contribution in [3.8, 4) is 5.75 Å². The van der Waals surface area contributed by atoms with Crippen molar-refractivity contribution in [2.75, 3.05) is 27.0 Å². The van der Waals surface area contributed by atoms with Crippen molar-refractivity contribution in [2.24, 2.45) is 0 Å². The lowest BCUT2D eigenvalue weighted by Crippen LogP contribution is -2.41. The second kappa shape index (κ2) is 8.37. The van der Waals surface area contributed by atoms with Gasteiger partial charge in [0, 0.05) is 6.42 Å². The van der Waals surface area contributed by atoms with Crippen molar-refractivity contribution in [1.82, 2.24) is 4.90 Å². The highest BCUT2D eigenvalue weighted by Crippen LogP contribution is 2.24. The second-order valence-electron chi connectivity index (χ2n) is 5.75. The van der Waals surface area contributed by atoms with Gasteiger partial charge in [-0.1, -0.05) is 12.1 Å². The highest BCUT2D eigenvalue weighted by molar-refractivity contribution is 7.86. The number of hydrogen-bond donors (Lipinski definition) is 0. The molecule has 2 unspecified atom stereocenters. The van der Waals surface area contributed by atoms with E-state index >= 15 is 0 Å². The molecular formula is C16H21NO8S. The molecule has 1 fully saturated rings. The van der Waals surface area contributed by atoms with Gasteiger partial charge in [0.15, 0.2) is 0 Å². The predicted octanol–water partition coefficient (Wildman–Crippen LogP) is 0.924. The first kappa shape index (κ1) is 20.0. The summed E-state index contributed by atoms with van der Waals surface area (Å²) >= 11 is 0. The molecule has 144 valence electrons. The molecule has 0 bridgehead atoms. The normalized spacial score (nSPS) is 19.9. The Bertz CT molecular complexity index is 746. The standard InChI is InChI=1S/C16H21NO8S/c1-22-12-6-4-11(5-7-12)10-24-16(19)17-9-13(25-26(3,20)21)8-14(17)15(18)23-2/h4-7,13-14H,8-10H2,1-3H3.